The van der Waals surface area contributed by atoms with Crippen LogP contribution in [-0.2, 0) is 29.4 Å². The van der Waals surface area contributed by atoms with Gasteiger partial charge in [0, 0.05) is 37.6 Å². The van der Waals surface area contributed by atoms with Crippen molar-refractivity contribution in [1.82, 2.24) is 19.9 Å². The van der Waals surface area contributed by atoms with E-state index in [0.717, 1.165) is 16.9 Å². The van der Waals surface area contributed by atoms with Gasteiger partial charge in [0.05, 0.1) is 29.1 Å². The maximum Gasteiger partial charge on any atom is 0.337 e. The predicted molar refractivity (Wildman–Crippen MR) is 146 cm³/mol. The number of nitrogens with two attached hydrogens (primary N) is 1. The number of ether oxygens (including phenoxy) is 2. The molecule has 1 aromatic carbocycles. The van der Waals surface area contributed by atoms with Gasteiger partial charge in [-0.15, -0.1) is 0 Å². The summed E-state index contributed by atoms with van der Waals surface area (Å²) in [7, 11) is 1.78. The summed E-state index contributed by atoms with van der Waals surface area (Å²) in [6, 6.07) is 7.54. The van der Waals surface area contributed by atoms with Crippen molar-refractivity contribution in [3.8, 4) is 28.5 Å². The summed E-state index contributed by atoms with van der Waals surface area (Å²) in [5.74, 6) is -1.34. The number of hydrogen-bond acceptors (Lipinski definition) is 8. The van der Waals surface area contributed by atoms with Gasteiger partial charge in [-0.25, -0.2) is 14.8 Å². The van der Waals surface area contributed by atoms with Crippen LogP contribution in [0.2, 0.25) is 0 Å². The van der Waals surface area contributed by atoms with E-state index in [2.05, 4.69) is 10.3 Å². The topological polar surface area (TPSA) is 142 Å². The second-order valence-corrected chi connectivity index (χ2v) is 11.3. The van der Waals surface area contributed by atoms with Crippen LogP contribution in [0.1, 0.15) is 60.8 Å². The van der Waals surface area contributed by atoms with E-state index >= 15 is 0 Å². The van der Waals surface area contributed by atoms with Crippen molar-refractivity contribution in [2.75, 3.05) is 19.7 Å². The molecular weight excluding hydrogens is 498 g/mol. The van der Waals surface area contributed by atoms with E-state index in [4.69, 9.17) is 20.2 Å². The molecule has 0 saturated carbocycles. The highest BCUT2D eigenvalue weighted by Crippen LogP contribution is 2.43. The molecule has 2 aromatic heterocycles. The minimum Gasteiger partial charge on any atom is -0.494 e. The largest absolute Gasteiger partial charge is 0.494 e. The van der Waals surface area contributed by atoms with Gasteiger partial charge in [-0.1, -0.05) is 0 Å². The fourth-order valence-corrected chi connectivity index (χ4v) is 5.54. The number of nitrogens with zero attached hydrogens (tertiary/aromatic N) is 3. The fourth-order valence-electron chi connectivity index (χ4n) is 5.54. The summed E-state index contributed by atoms with van der Waals surface area (Å²) in [5, 5.41) is 13.6. The molecule has 10 heteroatoms. The molecule has 0 spiro atoms. The second kappa shape index (κ2) is 9.77. The molecule has 1 atom stereocenters. The van der Waals surface area contributed by atoms with Crippen LogP contribution in [0.3, 0.4) is 0 Å². The number of fused-ring (bicyclic) bond motifs is 3. The van der Waals surface area contributed by atoms with Crippen LogP contribution in [0.25, 0.3) is 22.8 Å². The molecule has 1 aliphatic heterocycles. The van der Waals surface area contributed by atoms with Crippen molar-refractivity contribution >= 4 is 11.9 Å². The Bertz CT molecular complexity index is 1430. The first-order chi connectivity index (χ1) is 18.4. The first kappa shape index (κ1) is 26.8. The van der Waals surface area contributed by atoms with Crippen molar-refractivity contribution in [2.45, 2.75) is 57.6 Å². The highest BCUT2D eigenvalue weighted by Gasteiger charge is 2.51. The second-order valence-electron chi connectivity index (χ2n) is 11.3. The van der Waals surface area contributed by atoms with Crippen molar-refractivity contribution in [2.24, 2.45) is 12.8 Å². The van der Waals surface area contributed by atoms with Gasteiger partial charge in [-0.2, -0.15) is 0 Å². The SMILES string of the molecule is CCOc1ccc(-c2ncc3c(n2)-c2c(c(C(=O)O)c(C(C(=O)OC(C)(C)C)C4(N)CNC4)n2C)CC3)cc1. The highest BCUT2D eigenvalue weighted by molar-refractivity contribution is 5.97. The van der Waals surface area contributed by atoms with Gasteiger partial charge < -0.3 is 30.2 Å². The number of nitrogens with one attached hydrogen (secondary N) is 1. The number of carbonyl (C=O) groups is 2. The van der Waals surface area contributed by atoms with Gasteiger partial charge in [0.2, 0.25) is 0 Å². The summed E-state index contributed by atoms with van der Waals surface area (Å²) < 4.78 is 13.1. The molecule has 0 amide bonds. The lowest BCUT2D eigenvalue weighted by Crippen LogP contribution is -2.70. The molecule has 1 aliphatic carbocycles. The Kier molecular flexibility index (Phi) is 6.72. The Morgan fingerprint density at radius 2 is 1.90 bits per heavy atom. The van der Waals surface area contributed by atoms with Gasteiger partial charge in [0.15, 0.2) is 5.82 Å². The first-order valence-corrected chi connectivity index (χ1v) is 13.2. The van der Waals surface area contributed by atoms with Crippen LogP contribution < -0.4 is 15.8 Å². The first-order valence-electron chi connectivity index (χ1n) is 13.2. The summed E-state index contributed by atoms with van der Waals surface area (Å²) in [6.07, 6.45) is 2.87. The number of hydrogen-bond donors (Lipinski definition) is 3. The van der Waals surface area contributed by atoms with E-state index in [-0.39, 0.29) is 5.56 Å². The molecule has 0 bridgehead atoms. The normalized spacial score (nSPS) is 16.5. The average Bonchev–Trinajstić information content (AvgIpc) is 3.15. The van der Waals surface area contributed by atoms with E-state index < -0.39 is 29.0 Å². The van der Waals surface area contributed by atoms with Gasteiger partial charge in [-0.05, 0) is 75.9 Å². The van der Waals surface area contributed by atoms with Crippen LogP contribution >= 0.6 is 0 Å². The lowest BCUT2D eigenvalue weighted by atomic mass is 9.76. The zero-order chi connectivity index (χ0) is 28.1. The Morgan fingerprint density at radius 3 is 2.46 bits per heavy atom. The summed E-state index contributed by atoms with van der Waals surface area (Å²) in [5.41, 5.74) is 9.13. The number of esters is 1. The monoisotopic (exact) mass is 533 g/mol. The minimum atomic E-state index is -1.10. The third-order valence-corrected chi connectivity index (χ3v) is 7.31. The fraction of sp³-hybridized carbons (Fsp3) is 0.448. The van der Waals surface area contributed by atoms with Gasteiger partial charge in [-0.3, -0.25) is 4.79 Å². The summed E-state index contributed by atoms with van der Waals surface area (Å²) in [4.78, 5) is 35.9. The predicted octanol–water partition coefficient (Wildman–Crippen LogP) is 3.07. The van der Waals surface area contributed by atoms with Crippen molar-refractivity contribution in [1.29, 1.82) is 0 Å². The molecule has 2 aliphatic rings. The Labute approximate surface area is 227 Å². The molecule has 206 valence electrons. The van der Waals surface area contributed by atoms with Crippen molar-refractivity contribution in [3.63, 3.8) is 0 Å². The quantitative estimate of drug-likeness (QED) is 0.391. The maximum atomic E-state index is 13.6. The molecule has 1 saturated heterocycles. The molecule has 1 fully saturated rings. The standard InChI is InChI=1S/C29H35N5O5/c1-6-38-18-10-7-16(8-11-18)25-32-13-17-9-12-19-20(26(35)36)24(34(5)23(19)22(17)33-25)21(29(30)14-31-15-29)27(37)39-28(2,3)4/h7-8,10-11,13,21,31H,6,9,12,14-15,30H2,1-5H3,(H,35,36). The smallest absolute Gasteiger partial charge is 0.337 e. The molecule has 0 radical (unpaired) electrons. The third kappa shape index (κ3) is 4.79. The number of carboxylic acids is 1. The van der Waals surface area contributed by atoms with Crippen LogP contribution in [0.5, 0.6) is 5.75 Å². The lowest BCUT2D eigenvalue weighted by Gasteiger charge is -2.44. The van der Waals surface area contributed by atoms with E-state index in [0.29, 0.717) is 61.0 Å². The van der Waals surface area contributed by atoms with E-state index in [1.165, 1.54) is 0 Å². The minimum absolute atomic E-state index is 0.104. The van der Waals surface area contributed by atoms with Gasteiger partial charge >= 0.3 is 11.9 Å². The van der Waals surface area contributed by atoms with E-state index in [1.807, 2.05) is 31.2 Å². The Hall–Kier alpha value is -3.76. The summed E-state index contributed by atoms with van der Waals surface area (Å²) >= 11 is 0. The molecular formula is C29H35N5O5. The number of benzene rings is 1. The van der Waals surface area contributed by atoms with Crippen LogP contribution in [0.4, 0.5) is 0 Å². The maximum absolute atomic E-state index is 13.6. The molecule has 5 rings (SSSR count). The van der Waals surface area contributed by atoms with Crippen LogP contribution in [-0.4, -0.2) is 62.4 Å². The number of carbonyl (C=O) groups excluding carboxylic acids is 1. The highest BCUT2D eigenvalue weighted by atomic mass is 16.6. The third-order valence-electron chi connectivity index (χ3n) is 7.31. The molecule has 1 unspecified atom stereocenters. The number of aryl methyl sites for hydroxylation is 1. The van der Waals surface area contributed by atoms with Crippen molar-refractivity contribution < 1.29 is 24.2 Å². The van der Waals surface area contributed by atoms with E-state index in [1.54, 1.807) is 38.6 Å². The zero-order valence-corrected chi connectivity index (χ0v) is 23.0. The molecule has 10 nitrogen and oxygen atoms in total. The lowest BCUT2D eigenvalue weighted by molar-refractivity contribution is -0.159. The molecule has 4 N–H and O–H groups in total. The summed E-state index contributed by atoms with van der Waals surface area (Å²) in [6.45, 7) is 8.59. The Morgan fingerprint density at radius 1 is 1.21 bits per heavy atom. The van der Waals surface area contributed by atoms with Crippen molar-refractivity contribution in [3.05, 3.63) is 52.8 Å². The number of carboxylic acid groups (broad SMARTS) is 1. The van der Waals surface area contributed by atoms with Crippen LogP contribution in [0, 0.1) is 0 Å². The molecule has 3 aromatic rings. The molecule has 3 heterocycles. The van der Waals surface area contributed by atoms with Crippen LogP contribution in [0.15, 0.2) is 30.5 Å². The van der Waals surface area contributed by atoms with Gasteiger partial charge in [0.1, 0.15) is 17.3 Å². The van der Waals surface area contributed by atoms with E-state index in [9.17, 15) is 14.7 Å². The molecule has 39 heavy (non-hydrogen) atoms. The van der Waals surface area contributed by atoms with Gasteiger partial charge in [0.25, 0.3) is 0 Å². The number of rotatable bonds is 7. The number of aromatic nitrogens is 3. The average molecular weight is 534 g/mol. The number of aromatic carboxylic acids is 1. The zero-order valence-electron chi connectivity index (χ0n) is 23.0. The Balaban J connectivity index is 1.67.